The first kappa shape index (κ1) is 21.1. The fourth-order valence-electron chi connectivity index (χ4n) is 2.74. The lowest BCUT2D eigenvalue weighted by Gasteiger charge is -2.21. The van der Waals surface area contributed by atoms with Crippen molar-refractivity contribution in [2.45, 2.75) is 39.8 Å². The molecule has 3 rings (SSSR count). The van der Waals surface area contributed by atoms with E-state index < -0.39 is 5.54 Å². The van der Waals surface area contributed by atoms with Crippen molar-refractivity contribution in [1.82, 2.24) is 25.2 Å². The van der Waals surface area contributed by atoms with Gasteiger partial charge in [-0.2, -0.15) is 10.1 Å². The van der Waals surface area contributed by atoms with Crippen LogP contribution in [0.4, 0.5) is 0 Å². The zero-order valence-electron chi connectivity index (χ0n) is 16.5. The van der Waals surface area contributed by atoms with Crippen LogP contribution in [0.15, 0.2) is 34.9 Å². The molecule has 0 aliphatic heterocycles. The number of nitrogens with zero attached hydrogens (tertiary/aromatic N) is 4. The van der Waals surface area contributed by atoms with E-state index in [2.05, 4.69) is 20.6 Å². The van der Waals surface area contributed by atoms with E-state index in [1.165, 1.54) is 6.08 Å². The summed E-state index contributed by atoms with van der Waals surface area (Å²) in [5.41, 5.74) is 1.64. The monoisotopic (exact) mass is 433 g/mol. The average Bonchev–Trinajstić information content (AvgIpc) is 3.19. The molecule has 0 unspecified atom stereocenters. The number of benzene rings is 1. The van der Waals surface area contributed by atoms with Gasteiger partial charge >= 0.3 is 0 Å². The molecule has 0 fully saturated rings. The first-order chi connectivity index (χ1) is 13.7. The Labute approximate surface area is 178 Å². The minimum atomic E-state index is -0.781. The van der Waals surface area contributed by atoms with Gasteiger partial charge in [0.15, 0.2) is 5.82 Å². The van der Waals surface area contributed by atoms with Crippen LogP contribution in [-0.2, 0) is 16.9 Å². The summed E-state index contributed by atoms with van der Waals surface area (Å²) >= 11 is 12.4. The minimum Gasteiger partial charge on any atom is -0.340 e. The number of rotatable bonds is 6. The van der Waals surface area contributed by atoms with E-state index in [0.717, 1.165) is 11.3 Å². The number of aryl methyl sites for hydroxylation is 2. The number of carbonyl (C=O) groups is 1. The Morgan fingerprint density at radius 2 is 1.93 bits per heavy atom. The Hall–Kier alpha value is -2.64. The van der Waals surface area contributed by atoms with Crippen LogP contribution in [0, 0.1) is 13.8 Å². The second-order valence-corrected chi connectivity index (χ2v) is 7.95. The molecule has 1 N–H and O–H groups in total. The van der Waals surface area contributed by atoms with Crippen molar-refractivity contribution in [3.8, 4) is 0 Å². The molecule has 0 saturated heterocycles. The standard InChI is InChI=1S/C20H21Cl2N5O2/c1-12-16(18(22)27(25-12)11-14-5-7-15(21)8-6-14)9-10-17(28)24-20(3,4)19-23-13(2)29-26-19/h5-10H,11H2,1-4H3,(H,24,28)/b10-9+. The molecule has 1 amide bonds. The van der Waals surface area contributed by atoms with E-state index in [4.69, 9.17) is 27.7 Å². The van der Waals surface area contributed by atoms with Crippen molar-refractivity contribution in [3.05, 3.63) is 69.1 Å². The van der Waals surface area contributed by atoms with Crippen molar-refractivity contribution in [2.24, 2.45) is 0 Å². The number of amides is 1. The van der Waals surface area contributed by atoms with Gasteiger partial charge in [-0.1, -0.05) is 40.5 Å². The Bertz CT molecular complexity index is 1050. The molecule has 0 radical (unpaired) electrons. The number of halogens is 2. The normalized spacial score (nSPS) is 11.9. The highest BCUT2D eigenvalue weighted by Crippen LogP contribution is 2.23. The molecule has 0 spiro atoms. The zero-order chi connectivity index (χ0) is 21.2. The predicted octanol–water partition coefficient (Wildman–Crippen LogP) is 4.30. The highest BCUT2D eigenvalue weighted by atomic mass is 35.5. The van der Waals surface area contributed by atoms with E-state index in [9.17, 15) is 4.79 Å². The van der Waals surface area contributed by atoms with Gasteiger partial charge in [-0.15, -0.1) is 0 Å². The molecular formula is C20H21Cl2N5O2. The lowest BCUT2D eigenvalue weighted by Crippen LogP contribution is -2.41. The van der Waals surface area contributed by atoms with Crippen LogP contribution in [0.2, 0.25) is 10.2 Å². The van der Waals surface area contributed by atoms with Crippen LogP contribution >= 0.6 is 23.2 Å². The van der Waals surface area contributed by atoms with Crippen molar-refractivity contribution < 1.29 is 9.32 Å². The molecule has 0 atom stereocenters. The Morgan fingerprint density at radius 3 is 2.55 bits per heavy atom. The van der Waals surface area contributed by atoms with Gasteiger partial charge in [-0.25, -0.2) is 4.68 Å². The number of aromatic nitrogens is 4. The van der Waals surface area contributed by atoms with Crippen LogP contribution in [0.5, 0.6) is 0 Å². The average molecular weight is 434 g/mol. The van der Waals surface area contributed by atoms with Crippen LogP contribution in [0.3, 0.4) is 0 Å². The van der Waals surface area contributed by atoms with Crippen molar-refractivity contribution in [1.29, 1.82) is 0 Å². The molecular weight excluding hydrogens is 413 g/mol. The van der Waals surface area contributed by atoms with Crippen LogP contribution in [0.25, 0.3) is 6.08 Å². The Kier molecular flexibility index (Phi) is 6.10. The second kappa shape index (κ2) is 8.39. The molecule has 2 heterocycles. The lowest BCUT2D eigenvalue weighted by molar-refractivity contribution is -0.118. The summed E-state index contributed by atoms with van der Waals surface area (Å²) in [6.45, 7) is 7.63. The van der Waals surface area contributed by atoms with E-state index in [1.54, 1.807) is 31.5 Å². The number of hydrogen-bond acceptors (Lipinski definition) is 5. The summed E-state index contributed by atoms with van der Waals surface area (Å²) < 4.78 is 6.67. The molecule has 0 bridgehead atoms. The van der Waals surface area contributed by atoms with Crippen molar-refractivity contribution in [3.63, 3.8) is 0 Å². The predicted molar refractivity (Wildman–Crippen MR) is 112 cm³/mol. The quantitative estimate of drug-likeness (QED) is 0.585. The Balaban J connectivity index is 1.72. The van der Waals surface area contributed by atoms with E-state index >= 15 is 0 Å². The zero-order valence-corrected chi connectivity index (χ0v) is 18.0. The smallest absolute Gasteiger partial charge is 0.244 e. The molecule has 0 aliphatic rings. The molecule has 0 saturated carbocycles. The number of carbonyl (C=O) groups excluding carboxylic acids is 1. The van der Waals surface area contributed by atoms with Crippen LogP contribution < -0.4 is 5.32 Å². The first-order valence-corrected chi connectivity index (χ1v) is 9.69. The molecule has 2 aromatic heterocycles. The molecule has 3 aromatic rings. The molecule has 9 heteroatoms. The number of nitrogens with one attached hydrogen (secondary N) is 1. The Morgan fingerprint density at radius 1 is 1.24 bits per heavy atom. The SMILES string of the molecule is Cc1nc(C(C)(C)NC(=O)/C=C/c2c(C)nn(Cc3ccc(Cl)cc3)c2Cl)no1. The van der Waals surface area contributed by atoms with Gasteiger partial charge in [0.25, 0.3) is 0 Å². The van der Waals surface area contributed by atoms with E-state index in [1.807, 2.05) is 31.2 Å². The minimum absolute atomic E-state index is 0.307. The third-order valence-electron chi connectivity index (χ3n) is 4.28. The van der Waals surface area contributed by atoms with Gasteiger partial charge in [0, 0.05) is 23.6 Å². The first-order valence-electron chi connectivity index (χ1n) is 8.94. The van der Waals surface area contributed by atoms with Gasteiger partial charge in [-0.05, 0) is 44.5 Å². The van der Waals surface area contributed by atoms with Gasteiger partial charge in [0.1, 0.15) is 5.15 Å². The van der Waals surface area contributed by atoms with Gasteiger partial charge < -0.3 is 9.84 Å². The van der Waals surface area contributed by atoms with Gasteiger partial charge in [-0.3, -0.25) is 4.79 Å². The lowest BCUT2D eigenvalue weighted by atomic mass is 10.0. The third kappa shape index (κ3) is 5.05. The summed E-state index contributed by atoms with van der Waals surface area (Å²) in [6, 6.07) is 7.47. The second-order valence-electron chi connectivity index (χ2n) is 7.16. The van der Waals surface area contributed by atoms with Gasteiger partial charge in [0.2, 0.25) is 11.8 Å². The molecule has 29 heavy (non-hydrogen) atoms. The van der Waals surface area contributed by atoms with Crippen LogP contribution in [-0.4, -0.2) is 25.8 Å². The number of hydrogen-bond donors (Lipinski definition) is 1. The molecule has 0 aliphatic carbocycles. The van der Waals surface area contributed by atoms with E-state index in [0.29, 0.717) is 34.0 Å². The maximum Gasteiger partial charge on any atom is 0.244 e. The molecule has 7 nitrogen and oxygen atoms in total. The summed E-state index contributed by atoms with van der Waals surface area (Å²) in [7, 11) is 0. The summed E-state index contributed by atoms with van der Waals surface area (Å²) in [4.78, 5) is 16.6. The molecule has 152 valence electrons. The fraction of sp³-hybridized carbons (Fsp3) is 0.300. The van der Waals surface area contributed by atoms with Crippen molar-refractivity contribution in [2.75, 3.05) is 0 Å². The summed E-state index contributed by atoms with van der Waals surface area (Å²) in [5, 5.41) is 12.3. The molecule has 1 aromatic carbocycles. The summed E-state index contributed by atoms with van der Waals surface area (Å²) in [5.74, 6) is 0.536. The maximum absolute atomic E-state index is 12.4. The summed E-state index contributed by atoms with van der Waals surface area (Å²) in [6.07, 6.45) is 3.06. The van der Waals surface area contributed by atoms with E-state index in [-0.39, 0.29) is 5.91 Å². The highest BCUT2D eigenvalue weighted by Gasteiger charge is 2.27. The maximum atomic E-state index is 12.4. The van der Waals surface area contributed by atoms with Crippen molar-refractivity contribution >= 4 is 35.2 Å². The fourth-order valence-corrected chi connectivity index (χ4v) is 3.17. The highest BCUT2D eigenvalue weighted by molar-refractivity contribution is 6.31. The van der Waals surface area contributed by atoms with Crippen LogP contribution in [0.1, 0.15) is 42.4 Å². The largest absolute Gasteiger partial charge is 0.340 e. The third-order valence-corrected chi connectivity index (χ3v) is 4.93. The topological polar surface area (TPSA) is 85.8 Å². The van der Waals surface area contributed by atoms with Gasteiger partial charge in [0.05, 0.1) is 17.8 Å².